The summed E-state index contributed by atoms with van der Waals surface area (Å²) in [6.45, 7) is -0.209. The second kappa shape index (κ2) is 6.33. The van der Waals surface area contributed by atoms with Crippen molar-refractivity contribution in [3.63, 3.8) is 0 Å². The smallest absolute Gasteiger partial charge is 0.261 e. The van der Waals surface area contributed by atoms with Crippen molar-refractivity contribution in [3.8, 4) is 17.2 Å². The number of hydrogen-bond donors (Lipinski definition) is 2. The number of ether oxygens (including phenoxy) is 1. The van der Waals surface area contributed by atoms with E-state index in [9.17, 15) is 4.79 Å². The van der Waals surface area contributed by atoms with Gasteiger partial charge in [0.2, 0.25) is 0 Å². The maximum atomic E-state index is 10.8. The minimum absolute atomic E-state index is 0. The molecule has 7 nitrogen and oxygen atoms in total. The number of benzene rings is 1. The average molecular weight is 325 g/mol. The number of carbonyl (C=O) groups is 1. The van der Waals surface area contributed by atoms with E-state index in [2.05, 4.69) is 10.1 Å². The molecule has 2 aromatic rings. The number of carbonyl (C=O) groups excluding carboxylic acids is 1. The standard InChI is InChI=1S/C14H16N4O3.ClH/c15-11(19)8-20-10-5-2-1-4-9(10)12-17-13(18-21-12)14(16)6-3-7-14;/h1-2,4-5H,3,6-8,16H2,(H2,15,19);1H. The lowest BCUT2D eigenvalue weighted by Crippen LogP contribution is -2.44. The summed E-state index contributed by atoms with van der Waals surface area (Å²) >= 11 is 0. The van der Waals surface area contributed by atoms with Crippen LogP contribution in [0.25, 0.3) is 11.5 Å². The van der Waals surface area contributed by atoms with E-state index >= 15 is 0 Å². The van der Waals surface area contributed by atoms with Crippen molar-refractivity contribution in [1.29, 1.82) is 0 Å². The van der Waals surface area contributed by atoms with Gasteiger partial charge in [-0.2, -0.15) is 4.98 Å². The van der Waals surface area contributed by atoms with E-state index in [1.165, 1.54) is 0 Å². The van der Waals surface area contributed by atoms with Crippen LogP contribution in [0.5, 0.6) is 5.75 Å². The minimum Gasteiger partial charge on any atom is -0.483 e. The van der Waals surface area contributed by atoms with E-state index in [0.717, 1.165) is 19.3 Å². The summed E-state index contributed by atoms with van der Waals surface area (Å²) in [5.74, 6) is 0.743. The number of rotatable bonds is 5. The van der Waals surface area contributed by atoms with Crippen molar-refractivity contribution in [2.24, 2.45) is 11.5 Å². The Morgan fingerprint density at radius 3 is 2.73 bits per heavy atom. The molecule has 1 amide bonds. The molecule has 0 aliphatic heterocycles. The summed E-state index contributed by atoms with van der Waals surface area (Å²) in [7, 11) is 0. The van der Waals surface area contributed by atoms with E-state index in [1.807, 2.05) is 6.07 Å². The molecule has 22 heavy (non-hydrogen) atoms. The van der Waals surface area contributed by atoms with E-state index in [1.54, 1.807) is 18.2 Å². The highest BCUT2D eigenvalue weighted by atomic mass is 35.5. The van der Waals surface area contributed by atoms with Gasteiger partial charge in [-0.25, -0.2) is 0 Å². The number of para-hydroxylation sites is 1. The van der Waals surface area contributed by atoms with E-state index in [4.69, 9.17) is 20.7 Å². The summed E-state index contributed by atoms with van der Waals surface area (Å²) in [6.07, 6.45) is 2.77. The Morgan fingerprint density at radius 2 is 2.09 bits per heavy atom. The molecule has 0 atom stereocenters. The molecule has 0 radical (unpaired) electrons. The third-order valence-corrected chi connectivity index (χ3v) is 3.60. The highest BCUT2D eigenvalue weighted by Gasteiger charge is 2.39. The van der Waals surface area contributed by atoms with Crippen LogP contribution in [0.15, 0.2) is 28.8 Å². The molecule has 4 N–H and O–H groups in total. The van der Waals surface area contributed by atoms with Crippen LogP contribution >= 0.6 is 12.4 Å². The Labute approximate surface area is 133 Å². The zero-order valence-corrected chi connectivity index (χ0v) is 12.6. The zero-order valence-electron chi connectivity index (χ0n) is 11.8. The minimum atomic E-state index is -0.550. The van der Waals surface area contributed by atoms with E-state index in [0.29, 0.717) is 23.0 Å². The molecule has 0 spiro atoms. The third kappa shape index (κ3) is 3.05. The van der Waals surface area contributed by atoms with Crippen LogP contribution in [0.4, 0.5) is 0 Å². The van der Waals surface area contributed by atoms with Crippen molar-refractivity contribution >= 4 is 18.3 Å². The van der Waals surface area contributed by atoms with E-state index in [-0.39, 0.29) is 19.0 Å². The van der Waals surface area contributed by atoms with Crippen LogP contribution in [-0.4, -0.2) is 22.7 Å². The lowest BCUT2D eigenvalue weighted by atomic mass is 9.77. The molecule has 3 rings (SSSR count). The Balaban J connectivity index is 0.00000176. The molecular formula is C14H17ClN4O3. The summed E-state index contributed by atoms with van der Waals surface area (Å²) in [5.41, 5.74) is 11.4. The van der Waals surface area contributed by atoms with Gasteiger partial charge >= 0.3 is 0 Å². The summed E-state index contributed by atoms with van der Waals surface area (Å²) in [5, 5.41) is 3.96. The first kappa shape index (κ1) is 16.3. The highest BCUT2D eigenvalue weighted by Crippen LogP contribution is 2.38. The number of amides is 1. The Morgan fingerprint density at radius 1 is 1.36 bits per heavy atom. The SMILES string of the molecule is Cl.NC(=O)COc1ccccc1-c1nc(C2(N)CCC2)no1. The van der Waals surface area contributed by atoms with Crippen LogP contribution in [0.2, 0.25) is 0 Å². The molecule has 1 heterocycles. The average Bonchev–Trinajstić information content (AvgIpc) is 2.92. The normalized spacial score (nSPS) is 15.5. The van der Waals surface area contributed by atoms with Crippen molar-refractivity contribution in [2.45, 2.75) is 24.8 Å². The number of nitrogens with zero attached hydrogens (tertiary/aromatic N) is 2. The first-order chi connectivity index (χ1) is 10.1. The Hall–Kier alpha value is -2.12. The lowest BCUT2D eigenvalue weighted by molar-refractivity contribution is -0.119. The van der Waals surface area contributed by atoms with Gasteiger partial charge in [0.1, 0.15) is 5.75 Å². The number of halogens is 1. The maximum Gasteiger partial charge on any atom is 0.261 e. The molecule has 1 aromatic carbocycles. The quantitative estimate of drug-likeness (QED) is 0.857. The van der Waals surface area contributed by atoms with Crippen molar-refractivity contribution in [2.75, 3.05) is 6.61 Å². The van der Waals surface area contributed by atoms with Crippen LogP contribution in [0, 0.1) is 0 Å². The molecule has 1 aliphatic carbocycles. The molecule has 0 unspecified atom stereocenters. The lowest BCUT2D eigenvalue weighted by Gasteiger charge is -2.34. The van der Waals surface area contributed by atoms with Gasteiger partial charge in [0, 0.05) is 0 Å². The largest absolute Gasteiger partial charge is 0.483 e. The number of aromatic nitrogens is 2. The van der Waals surface area contributed by atoms with Gasteiger partial charge in [0.25, 0.3) is 11.8 Å². The van der Waals surface area contributed by atoms with Gasteiger partial charge < -0.3 is 20.7 Å². The van der Waals surface area contributed by atoms with Crippen LogP contribution < -0.4 is 16.2 Å². The fourth-order valence-corrected chi connectivity index (χ4v) is 2.23. The molecule has 118 valence electrons. The molecular weight excluding hydrogens is 308 g/mol. The van der Waals surface area contributed by atoms with Crippen LogP contribution in [0.1, 0.15) is 25.1 Å². The topological polar surface area (TPSA) is 117 Å². The van der Waals surface area contributed by atoms with Gasteiger partial charge in [-0.15, -0.1) is 12.4 Å². The van der Waals surface area contributed by atoms with Crippen LogP contribution in [0.3, 0.4) is 0 Å². The van der Waals surface area contributed by atoms with Gasteiger partial charge in [0.15, 0.2) is 12.4 Å². The summed E-state index contributed by atoms with van der Waals surface area (Å²) < 4.78 is 10.6. The van der Waals surface area contributed by atoms with Gasteiger partial charge in [-0.1, -0.05) is 17.3 Å². The molecule has 1 aromatic heterocycles. The van der Waals surface area contributed by atoms with Crippen LogP contribution in [-0.2, 0) is 10.3 Å². The maximum absolute atomic E-state index is 10.8. The predicted octanol–water partition coefficient (Wildman–Crippen LogP) is 1.36. The zero-order chi connectivity index (χ0) is 14.9. The number of nitrogens with two attached hydrogens (primary N) is 2. The molecule has 1 aliphatic rings. The molecule has 1 saturated carbocycles. The summed E-state index contributed by atoms with van der Waals surface area (Å²) in [4.78, 5) is 15.2. The first-order valence-corrected chi connectivity index (χ1v) is 6.72. The van der Waals surface area contributed by atoms with Gasteiger partial charge in [-0.05, 0) is 31.4 Å². The second-order valence-electron chi connectivity index (χ2n) is 5.18. The second-order valence-corrected chi connectivity index (χ2v) is 5.18. The molecule has 8 heteroatoms. The molecule has 1 fully saturated rings. The van der Waals surface area contributed by atoms with Gasteiger partial charge in [-0.3, -0.25) is 4.79 Å². The monoisotopic (exact) mass is 324 g/mol. The molecule has 0 saturated heterocycles. The number of hydrogen-bond acceptors (Lipinski definition) is 6. The fourth-order valence-electron chi connectivity index (χ4n) is 2.23. The fraction of sp³-hybridized carbons (Fsp3) is 0.357. The van der Waals surface area contributed by atoms with Crippen molar-refractivity contribution < 1.29 is 14.1 Å². The number of primary amides is 1. The summed E-state index contributed by atoms with van der Waals surface area (Å²) in [6, 6.07) is 7.09. The van der Waals surface area contributed by atoms with E-state index < -0.39 is 11.4 Å². The highest BCUT2D eigenvalue weighted by molar-refractivity contribution is 5.85. The Kier molecular flexibility index (Phi) is 4.68. The van der Waals surface area contributed by atoms with Gasteiger partial charge in [0.05, 0.1) is 11.1 Å². The van der Waals surface area contributed by atoms with Crippen molar-refractivity contribution in [1.82, 2.24) is 10.1 Å². The predicted molar refractivity (Wildman–Crippen MR) is 81.4 cm³/mol. The third-order valence-electron chi connectivity index (χ3n) is 3.60. The first-order valence-electron chi connectivity index (χ1n) is 6.72. The Bertz CT molecular complexity index is 670. The van der Waals surface area contributed by atoms with Crippen molar-refractivity contribution in [3.05, 3.63) is 30.1 Å². The molecule has 0 bridgehead atoms.